The minimum absolute atomic E-state index is 0.114. The highest BCUT2D eigenvalue weighted by atomic mass is 79.9. The smallest absolute Gasteiger partial charge is 0.266 e. The molecule has 2 heterocycles. The van der Waals surface area contributed by atoms with Gasteiger partial charge in [-0.3, -0.25) is 9.36 Å². The predicted octanol–water partition coefficient (Wildman–Crippen LogP) is 6.36. The highest BCUT2D eigenvalue weighted by Gasteiger charge is 2.15. The highest BCUT2D eigenvalue weighted by Crippen LogP contribution is 2.26. The molecule has 0 aliphatic rings. The van der Waals surface area contributed by atoms with E-state index >= 15 is 0 Å². The Kier molecular flexibility index (Phi) is 4.66. The SMILES string of the molecule is O=c1c2cc(Br)ccc2nc(-c2ccccc2)n1-c1ccc(-c2nc3ccccc3[nH]2)cc1. The van der Waals surface area contributed by atoms with Crippen LogP contribution in [0.3, 0.4) is 0 Å². The van der Waals surface area contributed by atoms with Gasteiger partial charge in [0.15, 0.2) is 0 Å². The zero-order valence-corrected chi connectivity index (χ0v) is 19.0. The number of nitrogens with one attached hydrogen (secondary N) is 1. The Balaban J connectivity index is 1.54. The number of hydrogen-bond donors (Lipinski definition) is 1. The van der Waals surface area contributed by atoms with Crippen LogP contribution < -0.4 is 5.56 Å². The van der Waals surface area contributed by atoms with E-state index in [1.54, 1.807) is 4.57 Å². The second-order valence-electron chi connectivity index (χ2n) is 7.75. The van der Waals surface area contributed by atoms with Crippen LogP contribution in [0.15, 0.2) is 106 Å². The van der Waals surface area contributed by atoms with E-state index in [2.05, 4.69) is 25.9 Å². The molecule has 0 amide bonds. The van der Waals surface area contributed by atoms with E-state index in [1.165, 1.54) is 0 Å². The minimum atomic E-state index is -0.114. The average molecular weight is 493 g/mol. The third-order valence-corrected chi connectivity index (χ3v) is 6.14. The third-order valence-electron chi connectivity index (χ3n) is 5.65. The summed E-state index contributed by atoms with van der Waals surface area (Å²) in [6, 6.07) is 31.1. The quantitative estimate of drug-likeness (QED) is 0.312. The van der Waals surface area contributed by atoms with E-state index in [0.717, 1.165) is 38.1 Å². The summed E-state index contributed by atoms with van der Waals surface area (Å²) >= 11 is 3.47. The number of benzene rings is 4. The molecule has 0 spiro atoms. The lowest BCUT2D eigenvalue weighted by Gasteiger charge is -2.14. The fourth-order valence-corrected chi connectivity index (χ4v) is 4.40. The minimum Gasteiger partial charge on any atom is -0.338 e. The summed E-state index contributed by atoms with van der Waals surface area (Å²) in [6.45, 7) is 0. The second kappa shape index (κ2) is 7.83. The zero-order valence-electron chi connectivity index (χ0n) is 17.4. The number of aromatic nitrogens is 4. The number of para-hydroxylation sites is 2. The summed E-state index contributed by atoms with van der Waals surface area (Å²) in [5, 5.41) is 0.561. The molecule has 33 heavy (non-hydrogen) atoms. The maximum atomic E-state index is 13.6. The summed E-state index contributed by atoms with van der Waals surface area (Å²) in [4.78, 5) is 26.5. The molecule has 0 aliphatic carbocycles. The van der Waals surface area contributed by atoms with Crippen molar-refractivity contribution in [3.05, 3.63) is 112 Å². The number of H-pyrrole nitrogens is 1. The maximum Gasteiger partial charge on any atom is 0.266 e. The molecule has 6 heteroatoms. The molecule has 6 aromatic rings. The number of imidazole rings is 1. The highest BCUT2D eigenvalue weighted by molar-refractivity contribution is 9.10. The van der Waals surface area contributed by atoms with Crippen LogP contribution in [-0.2, 0) is 0 Å². The Labute approximate surface area is 197 Å². The van der Waals surface area contributed by atoms with Gasteiger partial charge in [-0.2, -0.15) is 0 Å². The summed E-state index contributed by atoms with van der Waals surface area (Å²) in [5.41, 5.74) is 5.02. The monoisotopic (exact) mass is 492 g/mol. The van der Waals surface area contributed by atoms with Crippen LogP contribution in [0.4, 0.5) is 0 Å². The Morgan fingerprint density at radius 2 is 1.48 bits per heavy atom. The molecule has 0 atom stereocenters. The van der Waals surface area contributed by atoms with Gasteiger partial charge in [-0.05, 0) is 54.6 Å². The van der Waals surface area contributed by atoms with Gasteiger partial charge >= 0.3 is 0 Å². The third kappa shape index (κ3) is 3.45. The first-order valence-corrected chi connectivity index (χ1v) is 11.3. The van der Waals surface area contributed by atoms with Crippen LogP contribution in [-0.4, -0.2) is 19.5 Å². The van der Waals surface area contributed by atoms with Gasteiger partial charge in [0.1, 0.15) is 11.6 Å². The van der Waals surface area contributed by atoms with E-state index in [1.807, 2.05) is 97.1 Å². The molecular weight excluding hydrogens is 476 g/mol. The van der Waals surface area contributed by atoms with E-state index in [0.29, 0.717) is 16.7 Å². The van der Waals surface area contributed by atoms with Crippen LogP contribution >= 0.6 is 15.9 Å². The molecule has 0 bridgehead atoms. The molecule has 6 rings (SSSR count). The summed E-state index contributed by atoms with van der Waals surface area (Å²) in [5.74, 6) is 1.39. The van der Waals surface area contributed by atoms with Crippen molar-refractivity contribution in [2.75, 3.05) is 0 Å². The first-order chi connectivity index (χ1) is 16.2. The van der Waals surface area contributed by atoms with Gasteiger partial charge in [-0.15, -0.1) is 0 Å². The summed E-state index contributed by atoms with van der Waals surface area (Å²) in [6.07, 6.45) is 0. The van der Waals surface area contributed by atoms with Crippen molar-refractivity contribution in [2.45, 2.75) is 0 Å². The van der Waals surface area contributed by atoms with Crippen molar-refractivity contribution in [1.82, 2.24) is 19.5 Å². The van der Waals surface area contributed by atoms with Crippen molar-refractivity contribution in [2.24, 2.45) is 0 Å². The summed E-state index contributed by atoms with van der Waals surface area (Å²) in [7, 11) is 0. The largest absolute Gasteiger partial charge is 0.338 e. The van der Waals surface area contributed by atoms with E-state index < -0.39 is 0 Å². The standard InChI is InChI=1S/C27H17BrN4O/c28-19-12-15-22-21(16-19)27(33)32(26(31-22)18-6-2-1-3-7-18)20-13-10-17(11-14-20)25-29-23-8-4-5-9-24(23)30-25/h1-16H,(H,29,30). The molecule has 0 saturated carbocycles. The van der Waals surface area contributed by atoms with Gasteiger partial charge < -0.3 is 4.98 Å². The van der Waals surface area contributed by atoms with Crippen molar-refractivity contribution in [3.63, 3.8) is 0 Å². The number of nitrogens with zero attached hydrogens (tertiary/aromatic N) is 3. The molecule has 0 unspecified atom stereocenters. The number of halogens is 1. The van der Waals surface area contributed by atoms with Gasteiger partial charge in [0.05, 0.1) is 27.6 Å². The van der Waals surface area contributed by atoms with E-state index in [4.69, 9.17) is 4.98 Å². The van der Waals surface area contributed by atoms with Gasteiger partial charge in [0.2, 0.25) is 0 Å². The Bertz CT molecular complexity index is 1650. The Morgan fingerprint density at radius 1 is 0.727 bits per heavy atom. The van der Waals surface area contributed by atoms with E-state index in [9.17, 15) is 4.79 Å². The normalized spacial score (nSPS) is 11.3. The predicted molar refractivity (Wildman–Crippen MR) is 136 cm³/mol. The molecule has 4 aromatic carbocycles. The Morgan fingerprint density at radius 3 is 2.27 bits per heavy atom. The van der Waals surface area contributed by atoms with Crippen LogP contribution in [0, 0.1) is 0 Å². The van der Waals surface area contributed by atoms with Crippen LogP contribution in [0.2, 0.25) is 0 Å². The van der Waals surface area contributed by atoms with E-state index in [-0.39, 0.29) is 5.56 Å². The molecule has 0 saturated heterocycles. The number of fused-ring (bicyclic) bond motifs is 2. The molecule has 1 N–H and O–H groups in total. The van der Waals surface area contributed by atoms with Gasteiger partial charge in [0, 0.05) is 15.6 Å². The molecule has 5 nitrogen and oxygen atoms in total. The van der Waals surface area contributed by atoms with Crippen molar-refractivity contribution in [1.29, 1.82) is 0 Å². The van der Waals surface area contributed by atoms with Crippen LogP contribution in [0.25, 0.3) is 50.4 Å². The molecule has 2 aromatic heterocycles. The molecule has 0 fully saturated rings. The Hall–Kier alpha value is -4.03. The first-order valence-electron chi connectivity index (χ1n) is 10.5. The number of rotatable bonds is 3. The molecule has 0 aliphatic heterocycles. The number of aromatic amines is 1. The zero-order chi connectivity index (χ0) is 22.4. The first kappa shape index (κ1) is 19.6. The lowest BCUT2D eigenvalue weighted by atomic mass is 10.1. The topological polar surface area (TPSA) is 63.6 Å². The fourth-order valence-electron chi connectivity index (χ4n) is 4.04. The molecule has 0 radical (unpaired) electrons. The van der Waals surface area contributed by atoms with Crippen LogP contribution in [0.1, 0.15) is 0 Å². The van der Waals surface area contributed by atoms with Gasteiger partial charge in [0.25, 0.3) is 5.56 Å². The fraction of sp³-hybridized carbons (Fsp3) is 0. The van der Waals surface area contributed by atoms with Crippen molar-refractivity contribution >= 4 is 37.9 Å². The number of hydrogen-bond acceptors (Lipinski definition) is 3. The van der Waals surface area contributed by atoms with Gasteiger partial charge in [-0.1, -0.05) is 58.4 Å². The lowest BCUT2D eigenvalue weighted by molar-refractivity contribution is 0.975. The maximum absolute atomic E-state index is 13.6. The van der Waals surface area contributed by atoms with Crippen molar-refractivity contribution in [3.8, 4) is 28.5 Å². The van der Waals surface area contributed by atoms with Crippen molar-refractivity contribution < 1.29 is 0 Å². The van der Waals surface area contributed by atoms with Crippen LogP contribution in [0.5, 0.6) is 0 Å². The average Bonchev–Trinajstić information content (AvgIpc) is 3.29. The molecular formula is C27H17BrN4O. The lowest BCUT2D eigenvalue weighted by Crippen LogP contribution is -2.22. The second-order valence-corrected chi connectivity index (χ2v) is 8.67. The molecule has 158 valence electrons. The van der Waals surface area contributed by atoms with Gasteiger partial charge in [-0.25, -0.2) is 9.97 Å². The summed E-state index contributed by atoms with van der Waals surface area (Å²) < 4.78 is 2.51.